The van der Waals surface area contributed by atoms with E-state index in [1.54, 1.807) is 0 Å². The maximum Gasteiger partial charge on any atom is -0.0143 e. The molecule has 0 unspecified atom stereocenters. The maximum absolute atomic E-state index is 2.36. The first-order chi connectivity index (χ1) is 8.83. The first-order valence-electron chi connectivity index (χ1n) is 6.76. The van der Waals surface area contributed by atoms with Gasteiger partial charge in [0.25, 0.3) is 0 Å². The van der Waals surface area contributed by atoms with Crippen LogP contribution < -0.4 is 0 Å². The highest BCUT2D eigenvalue weighted by atomic mass is 14.1. The van der Waals surface area contributed by atoms with E-state index in [0.717, 1.165) is 12.8 Å². The van der Waals surface area contributed by atoms with E-state index in [1.807, 2.05) is 0 Å². The summed E-state index contributed by atoms with van der Waals surface area (Å²) >= 11 is 0. The Morgan fingerprint density at radius 3 is 2.28 bits per heavy atom. The van der Waals surface area contributed by atoms with Gasteiger partial charge in [-0.2, -0.15) is 0 Å². The minimum atomic E-state index is 1.09. The van der Waals surface area contributed by atoms with Gasteiger partial charge in [0.2, 0.25) is 0 Å². The number of hydrogen-bond donors (Lipinski definition) is 0. The van der Waals surface area contributed by atoms with E-state index in [0.29, 0.717) is 0 Å². The zero-order valence-electron chi connectivity index (χ0n) is 11.0. The van der Waals surface area contributed by atoms with Gasteiger partial charge in [-0.25, -0.2) is 0 Å². The zero-order chi connectivity index (χ0) is 12.5. The standard InChI is InChI=1S/C18H18/c1-3-13-9-10-15-12-14-7-5-6-8-17(14)16(4-2)18(15)11-13/h5-12H,3-4H2,1-2H3. The topological polar surface area (TPSA) is 0 Å². The summed E-state index contributed by atoms with van der Waals surface area (Å²) in [5.41, 5.74) is 2.91. The zero-order valence-corrected chi connectivity index (χ0v) is 11.0. The lowest BCUT2D eigenvalue weighted by atomic mass is 9.94. The summed E-state index contributed by atoms with van der Waals surface area (Å²) in [6, 6.07) is 17.9. The molecule has 0 fully saturated rings. The smallest absolute Gasteiger partial charge is 0.0143 e. The van der Waals surface area contributed by atoms with Crippen molar-refractivity contribution in [1.29, 1.82) is 0 Å². The summed E-state index contributed by atoms with van der Waals surface area (Å²) in [4.78, 5) is 0. The summed E-state index contributed by atoms with van der Waals surface area (Å²) in [6.07, 6.45) is 2.19. The van der Waals surface area contributed by atoms with Crippen molar-refractivity contribution in [2.75, 3.05) is 0 Å². The van der Waals surface area contributed by atoms with Crippen molar-refractivity contribution in [2.45, 2.75) is 26.7 Å². The Morgan fingerprint density at radius 2 is 1.50 bits per heavy atom. The highest BCUT2D eigenvalue weighted by Gasteiger charge is 2.06. The number of fused-ring (bicyclic) bond motifs is 2. The van der Waals surface area contributed by atoms with Gasteiger partial charge >= 0.3 is 0 Å². The van der Waals surface area contributed by atoms with Crippen LogP contribution in [0.25, 0.3) is 21.5 Å². The fraction of sp³-hybridized carbons (Fsp3) is 0.222. The Morgan fingerprint density at radius 1 is 0.722 bits per heavy atom. The first-order valence-corrected chi connectivity index (χ1v) is 6.76. The van der Waals surface area contributed by atoms with Gasteiger partial charge in [0.05, 0.1) is 0 Å². The molecule has 0 nitrogen and oxygen atoms in total. The number of aryl methyl sites for hydroxylation is 2. The van der Waals surface area contributed by atoms with Crippen LogP contribution in [-0.2, 0) is 12.8 Å². The van der Waals surface area contributed by atoms with Crippen molar-refractivity contribution < 1.29 is 0 Å². The lowest BCUT2D eigenvalue weighted by Crippen LogP contribution is -1.89. The van der Waals surface area contributed by atoms with Crippen molar-refractivity contribution in [3.63, 3.8) is 0 Å². The second-order valence-electron chi connectivity index (χ2n) is 4.84. The van der Waals surface area contributed by atoms with E-state index in [-0.39, 0.29) is 0 Å². The van der Waals surface area contributed by atoms with Crippen molar-refractivity contribution in [3.8, 4) is 0 Å². The molecule has 0 aliphatic heterocycles. The number of benzene rings is 3. The third-order valence-electron chi connectivity index (χ3n) is 3.80. The predicted octanol–water partition coefficient (Wildman–Crippen LogP) is 5.12. The van der Waals surface area contributed by atoms with Gasteiger partial charge < -0.3 is 0 Å². The molecule has 0 heterocycles. The average Bonchev–Trinajstić information content (AvgIpc) is 2.44. The molecule has 3 rings (SSSR count). The fourth-order valence-electron chi connectivity index (χ4n) is 2.80. The molecular weight excluding hydrogens is 216 g/mol. The van der Waals surface area contributed by atoms with E-state index in [2.05, 4.69) is 62.4 Å². The molecule has 0 aliphatic carbocycles. The molecule has 0 aliphatic rings. The van der Waals surface area contributed by atoms with Crippen LogP contribution in [0.3, 0.4) is 0 Å². The van der Waals surface area contributed by atoms with Crippen LogP contribution in [0.15, 0.2) is 48.5 Å². The van der Waals surface area contributed by atoms with Crippen LogP contribution in [0.1, 0.15) is 25.0 Å². The van der Waals surface area contributed by atoms with E-state index in [4.69, 9.17) is 0 Å². The highest BCUT2D eigenvalue weighted by molar-refractivity contribution is 6.02. The Balaban J connectivity index is 2.46. The molecule has 0 aromatic heterocycles. The molecule has 18 heavy (non-hydrogen) atoms. The molecule has 3 aromatic rings. The average molecular weight is 234 g/mol. The van der Waals surface area contributed by atoms with Gasteiger partial charge in [-0.05, 0) is 51.6 Å². The summed E-state index contributed by atoms with van der Waals surface area (Å²) in [5, 5.41) is 5.55. The molecule has 0 spiro atoms. The molecular formula is C18H18. The first kappa shape index (κ1) is 11.3. The molecule has 0 amide bonds. The summed E-state index contributed by atoms with van der Waals surface area (Å²) in [6.45, 7) is 4.47. The van der Waals surface area contributed by atoms with Crippen LogP contribution in [0.2, 0.25) is 0 Å². The van der Waals surface area contributed by atoms with Gasteiger partial charge in [-0.1, -0.05) is 56.3 Å². The van der Waals surface area contributed by atoms with Gasteiger partial charge in [-0.15, -0.1) is 0 Å². The molecule has 90 valence electrons. The van der Waals surface area contributed by atoms with Crippen molar-refractivity contribution in [1.82, 2.24) is 0 Å². The largest absolute Gasteiger partial charge is 0.0616 e. The van der Waals surface area contributed by atoms with Crippen molar-refractivity contribution >= 4 is 21.5 Å². The van der Waals surface area contributed by atoms with Crippen LogP contribution in [0, 0.1) is 0 Å². The van der Waals surface area contributed by atoms with Gasteiger partial charge in [0.15, 0.2) is 0 Å². The number of rotatable bonds is 2. The van der Waals surface area contributed by atoms with Crippen LogP contribution in [0.5, 0.6) is 0 Å². The molecule has 0 atom stereocenters. The van der Waals surface area contributed by atoms with E-state index in [1.165, 1.54) is 32.7 Å². The lowest BCUT2D eigenvalue weighted by Gasteiger charge is -2.11. The van der Waals surface area contributed by atoms with Gasteiger partial charge in [0.1, 0.15) is 0 Å². The second-order valence-corrected chi connectivity index (χ2v) is 4.84. The monoisotopic (exact) mass is 234 g/mol. The van der Waals surface area contributed by atoms with E-state index in [9.17, 15) is 0 Å². The summed E-state index contributed by atoms with van der Waals surface area (Å²) in [5.74, 6) is 0. The van der Waals surface area contributed by atoms with Crippen LogP contribution in [-0.4, -0.2) is 0 Å². The third kappa shape index (κ3) is 1.69. The molecule has 0 bridgehead atoms. The number of hydrogen-bond acceptors (Lipinski definition) is 0. The predicted molar refractivity (Wildman–Crippen MR) is 80.2 cm³/mol. The Hall–Kier alpha value is -1.82. The van der Waals surface area contributed by atoms with E-state index < -0.39 is 0 Å². The minimum absolute atomic E-state index is 1.09. The Bertz CT molecular complexity index is 708. The Labute approximate surface area is 108 Å². The molecule has 0 saturated heterocycles. The fourth-order valence-corrected chi connectivity index (χ4v) is 2.80. The van der Waals surface area contributed by atoms with Crippen LogP contribution >= 0.6 is 0 Å². The highest BCUT2D eigenvalue weighted by Crippen LogP contribution is 2.29. The van der Waals surface area contributed by atoms with Crippen LogP contribution in [0.4, 0.5) is 0 Å². The van der Waals surface area contributed by atoms with Gasteiger partial charge in [0, 0.05) is 0 Å². The SMILES string of the molecule is CCc1ccc2cc3ccccc3c(CC)c2c1. The third-order valence-corrected chi connectivity index (χ3v) is 3.80. The summed E-state index contributed by atoms with van der Waals surface area (Å²) in [7, 11) is 0. The lowest BCUT2D eigenvalue weighted by molar-refractivity contribution is 1.14. The molecule has 0 N–H and O–H groups in total. The normalized spacial score (nSPS) is 11.2. The Kier molecular flexibility index (Phi) is 2.79. The van der Waals surface area contributed by atoms with Crippen molar-refractivity contribution in [3.05, 3.63) is 59.7 Å². The molecule has 0 heteroatoms. The maximum atomic E-state index is 2.36. The second kappa shape index (κ2) is 4.45. The molecule has 0 saturated carbocycles. The van der Waals surface area contributed by atoms with E-state index >= 15 is 0 Å². The van der Waals surface area contributed by atoms with Gasteiger partial charge in [-0.3, -0.25) is 0 Å². The minimum Gasteiger partial charge on any atom is -0.0616 e. The molecule has 0 radical (unpaired) electrons. The summed E-state index contributed by atoms with van der Waals surface area (Å²) < 4.78 is 0. The quantitative estimate of drug-likeness (QED) is 0.540. The molecule has 3 aromatic carbocycles. The van der Waals surface area contributed by atoms with Crippen molar-refractivity contribution in [2.24, 2.45) is 0 Å².